The number of rotatable bonds is 56. The molecule has 1 aliphatic rings. The molecule has 100 heavy (non-hydrogen) atoms. The van der Waals surface area contributed by atoms with E-state index < -0.39 is 0 Å². The Morgan fingerprint density at radius 2 is 0.680 bits per heavy atom. The average Bonchev–Trinajstić information content (AvgIpc) is 1.60. The Labute approximate surface area is 628 Å². The van der Waals surface area contributed by atoms with Crippen LogP contribution >= 0.6 is 0 Å². The third kappa shape index (κ3) is 44.2. The van der Waals surface area contributed by atoms with Crippen LogP contribution in [0, 0.1) is 23.7 Å². The van der Waals surface area contributed by atoms with Gasteiger partial charge in [-0.1, -0.05) is 411 Å². The second kappa shape index (κ2) is 64.1. The van der Waals surface area contributed by atoms with Gasteiger partial charge in [0, 0.05) is 34.0 Å². The van der Waals surface area contributed by atoms with Crippen LogP contribution in [0.1, 0.15) is 391 Å². The van der Waals surface area contributed by atoms with E-state index >= 15 is 0 Å². The Morgan fingerprint density at radius 3 is 1.02 bits per heavy atom. The van der Waals surface area contributed by atoms with Crippen molar-refractivity contribution >= 4 is 11.4 Å². The van der Waals surface area contributed by atoms with Crippen LogP contribution in [0.3, 0.4) is 0 Å². The molecule has 0 saturated heterocycles. The first-order valence-electron chi connectivity index (χ1n) is 41.9. The molecule has 562 valence electrons. The van der Waals surface area contributed by atoms with Crippen molar-refractivity contribution in [3.63, 3.8) is 0 Å². The van der Waals surface area contributed by atoms with E-state index in [2.05, 4.69) is 128 Å². The first-order valence-corrected chi connectivity index (χ1v) is 41.9. The van der Waals surface area contributed by atoms with E-state index in [4.69, 9.17) is 10.2 Å². The number of aliphatic hydroxyl groups is 2. The molecule has 5 heteroatoms. The minimum atomic E-state index is 0. The van der Waals surface area contributed by atoms with Gasteiger partial charge < -0.3 is 15.7 Å². The third-order valence-electron chi connectivity index (χ3n) is 20.5. The number of allylic oxidation sites excluding steroid dienone is 6. The summed E-state index contributed by atoms with van der Waals surface area (Å²) in [4.78, 5) is 0. The van der Waals surface area contributed by atoms with Crippen LogP contribution in [-0.2, 0) is 42.5 Å². The van der Waals surface area contributed by atoms with Crippen molar-refractivity contribution in [3.05, 3.63) is 183 Å². The van der Waals surface area contributed by atoms with Crippen molar-refractivity contribution in [1.82, 2.24) is 0 Å². The van der Waals surface area contributed by atoms with Gasteiger partial charge >= 0.3 is 0 Å². The second-order valence-corrected chi connectivity index (χ2v) is 29.9. The normalized spacial score (nSPS) is 13.0. The Kier molecular flexibility index (Phi) is 58.6. The third-order valence-corrected chi connectivity index (χ3v) is 20.5. The zero-order chi connectivity index (χ0) is 71.3. The monoisotopic (exact) mass is 1410 g/mol. The molecule has 1 heterocycles. The van der Waals surface area contributed by atoms with Gasteiger partial charge in [-0.2, -0.15) is 0 Å². The van der Waals surface area contributed by atoms with Gasteiger partial charge in [0.1, 0.15) is 5.57 Å². The molecule has 2 unspecified atom stereocenters. The van der Waals surface area contributed by atoms with E-state index in [0.29, 0.717) is 11.8 Å². The van der Waals surface area contributed by atoms with Crippen molar-refractivity contribution in [2.24, 2.45) is 11.8 Å². The Hall–Kier alpha value is -4.59. The topological polar surface area (TPSA) is 65.8 Å². The van der Waals surface area contributed by atoms with E-state index in [1.807, 2.05) is 60.7 Å². The van der Waals surface area contributed by atoms with Crippen LogP contribution < -0.4 is 0 Å². The summed E-state index contributed by atoms with van der Waals surface area (Å²) in [6.07, 6.45) is 70.1. The summed E-state index contributed by atoms with van der Waals surface area (Å²) in [7, 11) is 0. The molecule has 0 aliphatic carbocycles. The molecule has 2 atom stereocenters. The molecule has 2 N–H and O–H groups in total. The SMILES string of the molecule is CCCCCCC#CC1=C(c2ccccc2CCC(C)C=C(C)CCCCCCCCCCCCCCCCCCC)[N+](=[N-])C(c2ccccc2CCC(C)C=C(C)CCCCCCCCCCCCCCCCCCC)=C1CCCCC.OCc1ccccc1.OCc1ccccc1.[Ni]. The molecule has 1 aliphatic heterocycles. The van der Waals surface area contributed by atoms with Crippen LogP contribution in [0.15, 0.2) is 144 Å². The number of aryl methyl sites for hydroxylation is 2. The van der Waals surface area contributed by atoms with Crippen molar-refractivity contribution in [3.8, 4) is 11.8 Å². The van der Waals surface area contributed by atoms with E-state index in [9.17, 15) is 5.53 Å². The largest absolute Gasteiger partial charge is 0.493 e. The first kappa shape index (κ1) is 91.5. The molecule has 0 bridgehead atoms. The van der Waals surface area contributed by atoms with E-state index in [0.717, 1.165) is 91.4 Å². The number of benzene rings is 4. The van der Waals surface area contributed by atoms with E-state index in [1.54, 1.807) is 15.8 Å². The summed E-state index contributed by atoms with van der Waals surface area (Å²) < 4.78 is 1.60. The van der Waals surface area contributed by atoms with Crippen LogP contribution in [0.2, 0.25) is 0 Å². The predicted molar refractivity (Wildman–Crippen MR) is 436 cm³/mol. The van der Waals surface area contributed by atoms with Crippen molar-refractivity contribution in [1.29, 1.82) is 0 Å². The van der Waals surface area contributed by atoms with Gasteiger partial charge in [0.15, 0.2) is 0 Å². The second-order valence-electron chi connectivity index (χ2n) is 29.9. The molecule has 4 aromatic carbocycles. The number of nitrogens with zero attached hydrogens (tertiary/aromatic N) is 2. The maximum absolute atomic E-state index is 12.9. The molecular weight excluding hydrogens is 1260 g/mol. The van der Waals surface area contributed by atoms with Gasteiger partial charge in [0.25, 0.3) is 0 Å². The smallest absolute Gasteiger partial charge is 0.223 e. The first-order chi connectivity index (χ1) is 48.6. The maximum Gasteiger partial charge on any atom is 0.223 e. The molecule has 0 amide bonds. The minimum Gasteiger partial charge on any atom is -0.493 e. The van der Waals surface area contributed by atoms with Crippen LogP contribution in [0.25, 0.3) is 16.9 Å². The number of hydrogen-bond acceptors (Lipinski definition) is 2. The fraction of sp³-hybridized carbons (Fsp3) is 0.642. The van der Waals surface area contributed by atoms with Crippen molar-refractivity contribution < 1.29 is 31.4 Å². The van der Waals surface area contributed by atoms with Crippen LogP contribution in [-0.4, -0.2) is 14.9 Å². The van der Waals surface area contributed by atoms with Gasteiger partial charge in [-0.15, -0.1) is 0 Å². The molecule has 0 spiro atoms. The van der Waals surface area contributed by atoms with E-state index in [-0.39, 0.29) is 29.7 Å². The zero-order valence-corrected chi connectivity index (χ0v) is 66.9. The summed E-state index contributed by atoms with van der Waals surface area (Å²) in [6.45, 7) is 19.0. The standard InChI is InChI=1S/C81H134N2.2C7H8O.Ni/c1-9-13-17-20-23-25-27-29-31-33-35-37-39-41-43-45-49-56-70(5)68-72(7)64-66-74-58-52-54-60-76(74)80-78(62-48-16-12-4)79(63-51-47-22-19-15-11-3)81(83(80)82)77-61-55-53-59-75(77)67-65-73(8)69-71(6)57-50-46-44-42-40-38-36-34-32-30-28-26-24-21-18-14-10-2;2*8-6-7-4-2-1-3-5-7;/h52-55,58-61,68-69,72-73H,9-50,56-57,62,64-67H2,1-8H3;2*1-5,8H,6H2;. The Balaban J connectivity index is 0.00000174. The van der Waals surface area contributed by atoms with Gasteiger partial charge in [-0.3, -0.25) is 0 Å². The fourth-order valence-electron chi connectivity index (χ4n) is 14.3. The number of aliphatic hydroxyl groups excluding tert-OH is 2. The Morgan fingerprint density at radius 1 is 0.380 bits per heavy atom. The molecule has 0 saturated carbocycles. The molecule has 0 radical (unpaired) electrons. The minimum absolute atomic E-state index is 0. The van der Waals surface area contributed by atoms with Crippen LogP contribution in [0.5, 0.6) is 0 Å². The Bertz CT molecular complexity index is 2760. The molecule has 0 fully saturated rings. The summed E-state index contributed by atoms with van der Waals surface area (Å²) in [6, 6.07) is 37.0. The van der Waals surface area contributed by atoms with Gasteiger partial charge in [-0.25, -0.2) is 4.70 Å². The summed E-state index contributed by atoms with van der Waals surface area (Å²) >= 11 is 0. The van der Waals surface area contributed by atoms with Gasteiger partial charge in [0.05, 0.1) is 18.8 Å². The van der Waals surface area contributed by atoms with Crippen LogP contribution in [0.4, 0.5) is 0 Å². The fourth-order valence-corrected chi connectivity index (χ4v) is 14.3. The number of unbranched alkanes of at least 4 members (excludes halogenated alkanes) is 38. The summed E-state index contributed by atoms with van der Waals surface area (Å²) in [5.41, 5.74) is 27.0. The summed E-state index contributed by atoms with van der Waals surface area (Å²) in [5, 5.41) is 17.1. The average molecular weight is 1410 g/mol. The molecular formula is C95H150N2NiO2. The summed E-state index contributed by atoms with van der Waals surface area (Å²) in [5.74, 6) is 8.44. The van der Waals surface area contributed by atoms with Gasteiger partial charge in [0.2, 0.25) is 11.4 Å². The van der Waals surface area contributed by atoms with E-state index in [1.165, 1.54) is 279 Å². The molecule has 0 aromatic heterocycles. The zero-order valence-electron chi connectivity index (χ0n) is 65.9. The molecule has 4 aromatic rings. The quantitative estimate of drug-likeness (QED) is 0.0152. The maximum atomic E-state index is 12.9. The predicted octanol–water partition coefficient (Wildman–Crippen LogP) is 29.9. The number of hydrogen-bond donors (Lipinski definition) is 2. The molecule has 4 nitrogen and oxygen atoms in total. The molecule has 5 rings (SSSR count). The van der Waals surface area contributed by atoms with Crippen molar-refractivity contribution in [2.45, 2.75) is 383 Å². The van der Waals surface area contributed by atoms with Crippen molar-refractivity contribution in [2.75, 3.05) is 0 Å². The van der Waals surface area contributed by atoms with Gasteiger partial charge in [-0.05, 0) is 131 Å².